The average Bonchev–Trinajstić information content (AvgIpc) is 2.95. The second kappa shape index (κ2) is 6.99. The molecule has 0 unspecified atom stereocenters. The number of methoxy groups -OCH3 is 1. The third-order valence-corrected chi connectivity index (χ3v) is 4.67. The predicted octanol–water partition coefficient (Wildman–Crippen LogP) is 3.82. The van der Waals surface area contributed by atoms with Gasteiger partial charge in [0.25, 0.3) is 0 Å². The lowest BCUT2D eigenvalue weighted by molar-refractivity contribution is 0.341. The molecular formula is C18H26N2O. The molecule has 3 heteroatoms. The Labute approximate surface area is 127 Å². The van der Waals surface area contributed by atoms with Gasteiger partial charge in [-0.15, -0.1) is 0 Å². The van der Waals surface area contributed by atoms with Crippen molar-refractivity contribution in [1.29, 1.82) is 0 Å². The van der Waals surface area contributed by atoms with Crippen LogP contribution >= 0.6 is 0 Å². The fraction of sp³-hybridized carbons (Fsp3) is 0.556. The van der Waals surface area contributed by atoms with Crippen molar-refractivity contribution in [3.05, 3.63) is 30.5 Å². The molecule has 1 aliphatic rings. The van der Waals surface area contributed by atoms with Gasteiger partial charge in [-0.25, -0.2) is 0 Å². The van der Waals surface area contributed by atoms with Crippen LogP contribution in [0, 0.1) is 5.92 Å². The van der Waals surface area contributed by atoms with Crippen molar-refractivity contribution in [2.24, 2.45) is 5.92 Å². The van der Waals surface area contributed by atoms with Crippen molar-refractivity contribution in [3.8, 4) is 5.75 Å². The summed E-state index contributed by atoms with van der Waals surface area (Å²) in [5, 5.41) is 4.89. The van der Waals surface area contributed by atoms with Gasteiger partial charge in [-0.3, -0.25) is 0 Å². The van der Waals surface area contributed by atoms with E-state index >= 15 is 0 Å². The number of hydrogen-bond donors (Lipinski definition) is 1. The van der Waals surface area contributed by atoms with E-state index in [2.05, 4.69) is 34.3 Å². The van der Waals surface area contributed by atoms with Gasteiger partial charge in [-0.2, -0.15) is 0 Å². The molecule has 2 aromatic rings. The van der Waals surface area contributed by atoms with Crippen molar-refractivity contribution >= 4 is 10.9 Å². The molecule has 0 atom stereocenters. The molecule has 1 N–H and O–H groups in total. The van der Waals surface area contributed by atoms with Crippen LogP contribution in [0.15, 0.2) is 30.5 Å². The van der Waals surface area contributed by atoms with Crippen molar-refractivity contribution in [2.45, 2.75) is 38.6 Å². The number of ether oxygens (including phenoxy) is 1. The first-order chi connectivity index (χ1) is 10.4. The number of benzene rings is 1. The molecule has 1 heterocycles. The lowest BCUT2D eigenvalue weighted by atomic mass is 9.89. The van der Waals surface area contributed by atoms with E-state index in [1.807, 2.05) is 6.07 Å². The first kappa shape index (κ1) is 14.5. The second-order valence-electron chi connectivity index (χ2n) is 6.14. The van der Waals surface area contributed by atoms with Crippen LogP contribution in [0.4, 0.5) is 0 Å². The molecule has 114 valence electrons. The first-order valence-electron chi connectivity index (χ1n) is 8.20. The number of fused-ring (bicyclic) bond motifs is 1. The molecule has 1 aromatic heterocycles. The number of aromatic nitrogens is 1. The Bertz CT molecular complexity index is 570. The highest BCUT2D eigenvalue weighted by Crippen LogP contribution is 2.23. The maximum atomic E-state index is 5.28. The van der Waals surface area contributed by atoms with Crippen molar-refractivity contribution in [2.75, 3.05) is 20.2 Å². The number of nitrogens with one attached hydrogen (secondary N) is 1. The Morgan fingerprint density at radius 1 is 1.19 bits per heavy atom. The van der Waals surface area contributed by atoms with Gasteiger partial charge >= 0.3 is 0 Å². The molecule has 1 fully saturated rings. The van der Waals surface area contributed by atoms with Crippen LogP contribution in [0.5, 0.6) is 5.75 Å². The zero-order valence-electron chi connectivity index (χ0n) is 13.0. The summed E-state index contributed by atoms with van der Waals surface area (Å²) in [4.78, 5) is 0. The molecule has 0 bridgehead atoms. The smallest absolute Gasteiger partial charge is 0.119 e. The molecule has 1 saturated carbocycles. The van der Waals surface area contributed by atoms with Crippen LogP contribution < -0.4 is 10.1 Å². The predicted molar refractivity (Wildman–Crippen MR) is 87.9 cm³/mol. The summed E-state index contributed by atoms with van der Waals surface area (Å²) in [6, 6.07) is 8.45. The number of rotatable bonds is 6. The summed E-state index contributed by atoms with van der Waals surface area (Å²) in [5.41, 5.74) is 1.29. The van der Waals surface area contributed by atoms with Gasteiger partial charge in [-0.1, -0.05) is 19.3 Å². The minimum atomic E-state index is 0.907. The highest BCUT2D eigenvalue weighted by atomic mass is 16.5. The largest absolute Gasteiger partial charge is 0.497 e. The van der Waals surface area contributed by atoms with Crippen molar-refractivity contribution in [1.82, 2.24) is 9.88 Å². The molecule has 0 radical (unpaired) electrons. The highest BCUT2D eigenvalue weighted by Gasteiger charge is 2.12. The summed E-state index contributed by atoms with van der Waals surface area (Å²) in [6.45, 7) is 3.27. The zero-order valence-corrected chi connectivity index (χ0v) is 13.0. The summed E-state index contributed by atoms with van der Waals surface area (Å²) in [7, 11) is 1.72. The molecule has 0 aliphatic heterocycles. The van der Waals surface area contributed by atoms with E-state index < -0.39 is 0 Å². The molecule has 0 spiro atoms. The molecule has 0 amide bonds. The van der Waals surface area contributed by atoms with Gasteiger partial charge in [0.05, 0.1) is 7.11 Å². The van der Waals surface area contributed by atoms with Gasteiger partial charge in [0.15, 0.2) is 0 Å². The molecule has 1 aliphatic carbocycles. The molecule has 3 nitrogen and oxygen atoms in total. The Kier molecular flexibility index (Phi) is 4.81. The Hall–Kier alpha value is -1.48. The monoisotopic (exact) mass is 286 g/mol. The van der Waals surface area contributed by atoms with E-state index in [1.165, 1.54) is 49.6 Å². The molecule has 21 heavy (non-hydrogen) atoms. The lowest BCUT2D eigenvalue weighted by Gasteiger charge is -2.21. The second-order valence-corrected chi connectivity index (χ2v) is 6.14. The highest BCUT2D eigenvalue weighted by molar-refractivity contribution is 5.81. The van der Waals surface area contributed by atoms with Crippen LogP contribution in [0.25, 0.3) is 10.9 Å². The van der Waals surface area contributed by atoms with Gasteiger partial charge in [0.1, 0.15) is 5.75 Å². The van der Waals surface area contributed by atoms with Gasteiger partial charge < -0.3 is 14.6 Å². The number of nitrogens with zero attached hydrogens (tertiary/aromatic N) is 1. The van der Waals surface area contributed by atoms with E-state index in [4.69, 9.17) is 4.74 Å². The topological polar surface area (TPSA) is 26.2 Å². The fourth-order valence-electron chi connectivity index (χ4n) is 3.40. The standard InChI is InChI=1S/C18H26N2O/c1-21-17-7-8-18-16(13-17)9-11-20(18)12-10-19-14-15-5-3-2-4-6-15/h7-9,11,13,15,19H,2-6,10,12,14H2,1H3. The quantitative estimate of drug-likeness (QED) is 0.817. The van der Waals surface area contributed by atoms with Crippen LogP contribution in [0.3, 0.4) is 0 Å². The average molecular weight is 286 g/mol. The molecule has 0 saturated heterocycles. The van der Waals surface area contributed by atoms with Crippen molar-refractivity contribution < 1.29 is 4.74 Å². The Morgan fingerprint density at radius 3 is 2.86 bits per heavy atom. The van der Waals surface area contributed by atoms with E-state index in [0.717, 1.165) is 24.8 Å². The van der Waals surface area contributed by atoms with Gasteiger partial charge in [0, 0.05) is 30.2 Å². The Morgan fingerprint density at radius 2 is 2.05 bits per heavy atom. The zero-order chi connectivity index (χ0) is 14.5. The van der Waals surface area contributed by atoms with Crippen LogP contribution in [-0.4, -0.2) is 24.8 Å². The maximum absolute atomic E-state index is 5.28. The SMILES string of the molecule is COc1ccc2c(ccn2CCNCC2CCCCC2)c1. The summed E-state index contributed by atoms with van der Waals surface area (Å²) in [6.07, 6.45) is 9.30. The van der Waals surface area contributed by atoms with Crippen molar-refractivity contribution in [3.63, 3.8) is 0 Å². The molecule has 1 aromatic carbocycles. The fourth-order valence-corrected chi connectivity index (χ4v) is 3.40. The van der Waals surface area contributed by atoms with Crippen LogP contribution in [0.1, 0.15) is 32.1 Å². The summed E-state index contributed by atoms with van der Waals surface area (Å²) in [5.74, 6) is 1.83. The van der Waals surface area contributed by atoms with E-state index in [9.17, 15) is 0 Å². The van der Waals surface area contributed by atoms with Crippen LogP contribution in [-0.2, 0) is 6.54 Å². The summed E-state index contributed by atoms with van der Waals surface area (Å²) < 4.78 is 7.60. The summed E-state index contributed by atoms with van der Waals surface area (Å²) >= 11 is 0. The third-order valence-electron chi connectivity index (χ3n) is 4.67. The maximum Gasteiger partial charge on any atom is 0.119 e. The third kappa shape index (κ3) is 3.59. The lowest BCUT2D eigenvalue weighted by Crippen LogP contribution is -2.27. The first-order valence-corrected chi connectivity index (χ1v) is 8.20. The number of hydrogen-bond acceptors (Lipinski definition) is 2. The molecule has 3 rings (SSSR count). The Balaban J connectivity index is 1.51. The van der Waals surface area contributed by atoms with Crippen LogP contribution in [0.2, 0.25) is 0 Å². The molecular weight excluding hydrogens is 260 g/mol. The van der Waals surface area contributed by atoms with E-state index in [-0.39, 0.29) is 0 Å². The van der Waals surface area contributed by atoms with Gasteiger partial charge in [0.2, 0.25) is 0 Å². The minimum absolute atomic E-state index is 0.907. The normalized spacial score (nSPS) is 16.4. The minimum Gasteiger partial charge on any atom is -0.497 e. The van der Waals surface area contributed by atoms with E-state index in [0.29, 0.717) is 0 Å². The van der Waals surface area contributed by atoms with E-state index in [1.54, 1.807) is 7.11 Å². The van der Waals surface area contributed by atoms with Gasteiger partial charge in [-0.05, 0) is 49.6 Å².